The van der Waals surface area contributed by atoms with E-state index < -0.39 is 102 Å². The molecular formula is C41H69NO14. The third-order valence-corrected chi connectivity index (χ3v) is 11.7. The quantitative estimate of drug-likeness (QED) is 0.253. The number of carbonyl (C=O) groups is 4. The maximum absolute atomic E-state index is 14.2. The van der Waals surface area contributed by atoms with Crippen molar-refractivity contribution in [3.05, 3.63) is 11.6 Å². The van der Waals surface area contributed by atoms with E-state index in [1.54, 1.807) is 55.4 Å². The predicted molar refractivity (Wildman–Crippen MR) is 204 cm³/mol. The van der Waals surface area contributed by atoms with Crippen LogP contribution in [0.25, 0.3) is 0 Å². The molecule has 3 heterocycles. The molecule has 3 rings (SSSR count). The fourth-order valence-corrected chi connectivity index (χ4v) is 8.78. The van der Waals surface area contributed by atoms with Crippen LogP contribution < -0.4 is 0 Å². The fraction of sp³-hybridized carbons (Fsp3) is 0.854. The largest absolute Gasteiger partial charge is 0.459 e. The number of cyclic esters (lactones) is 1. The number of aliphatic hydroxyl groups is 2. The summed E-state index contributed by atoms with van der Waals surface area (Å²) in [7, 11) is 5.23. The minimum absolute atomic E-state index is 0.0862. The SMILES string of the molecule is CC[C@H]1OC(=O)[C@H](C)[C@@H](OC2C[C@@](C)(OC)[C@@H](OC(C)=O)[C@H](C)O2)[C@H](C)[C@@H](O[C@@H]2O[C@H](C)C[C@H](N(C)C)[C@H]2OC(C)=O)[C@](C)(O)C[C@@H](C)C(=O)/C(C)=C/[C@]1(C)O. The number of allylic oxidation sites excluding steroid dienone is 1. The Balaban J connectivity index is 2.23. The lowest BCUT2D eigenvalue weighted by Crippen LogP contribution is -2.61. The number of nitrogens with zero attached hydrogens (tertiary/aromatic N) is 1. The first-order valence-corrected chi connectivity index (χ1v) is 19.8. The number of esters is 3. The van der Waals surface area contributed by atoms with Crippen molar-refractivity contribution in [2.75, 3.05) is 21.2 Å². The monoisotopic (exact) mass is 799 g/mol. The predicted octanol–water partition coefficient (Wildman–Crippen LogP) is 3.88. The molecular weight excluding hydrogens is 730 g/mol. The third kappa shape index (κ3) is 11.4. The van der Waals surface area contributed by atoms with Crippen LogP contribution in [0.4, 0.5) is 0 Å². The van der Waals surface area contributed by atoms with Crippen molar-refractivity contribution in [3.63, 3.8) is 0 Å². The van der Waals surface area contributed by atoms with Crippen molar-refractivity contribution >= 4 is 23.7 Å². The Labute approximate surface area is 333 Å². The van der Waals surface area contributed by atoms with Crippen molar-refractivity contribution in [2.24, 2.45) is 17.8 Å². The maximum atomic E-state index is 14.2. The Morgan fingerprint density at radius 2 is 1.52 bits per heavy atom. The summed E-state index contributed by atoms with van der Waals surface area (Å²) in [5.74, 6) is -4.76. The summed E-state index contributed by atoms with van der Waals surface area (Å²) in [6.07, 6.45) is -6.09. The zero-order valence-corrected chi connectivity index (χ0v) is 36.2. The summed E-state index contributed by atoms with van der Waals surface area (Å²) in [5, 5.41) is 24.1. The minimum atomic E-state index is -1.79. The first-order valence-electron chi connectivity index (χ1n) is 19.8. The minimum Gasteiger partial charge on any atom is -0.459 e. The maximum Gasteiger partial charge on any atom is 0.311 e. The van der Waals surface area contributed by atoms with E-state index in [-0.39, 0.29) is 42.8 Å². The number of ether oxygens (including phenoxy) is 8. The Kier molecular flexibility index (Phi) is 16.3. The molecule has 2 N–H and O–H groups in total. The van der Waals surface area contributed by atoms with Gasteiger partial charge in [-0.05, 0) is 93.5 Å². The summed E-state index contributed by atoms with van der Waals surface area (Å²) >= 11 is 0. The molecule has 1 unspecified atom stereocenters. The molecule has 2 fully saturated rings. The molecule has 0 aromatic carbocycles. The molecule has 56 heavy (non-hydrogen) atoms. The zero-order chi connectivity index (χ0) is 42.7. The normalized spacial score (nSPS) is 44.2. The van der Waals surface area contributed by atoms with E-state index in [0.29, 0.717) is 6.42 Å². The number of carbonyl (C=O) groups excluding carboxylic acids is 4. The lowest BCUT2D eigenvalue weighted by atomic mass is 9.76. The Morgan fingerprint density at radius 3 is 2.05 bits per heavy atom. The van der Waals surface area contributed by atoms with Gasteiger partial charge in [-0.15, -0.1) is 0 Å². The molecule has 3 aliphatic heterocycles. The molecule has 0 bridgehead atoms. The Bertz CT molecular complexity index is 1410. The van der Waals surface area contributed by atoms with Crippen molar-refractivity contribution in [1.82, 2.24) is 4.90 Å². The molecule has 322 valence electrons. The highest BCUT2D eigenvalue weighted by atomic mass is 16.7. The van der Waals surface area contributed by atoms with Crippen molar-refractivity contribution in [2.45, 2.75) is 187 Å². The zero-order valence-electron chi connectivity index (χ0n) is 36.2. The number of likely N-dealkylation sites (N-methyl/N-ethyl adjacent to an activating group) is 1. The van der Waals surface area contributed by atoms with Crippen LogP contribution >= 0.6 is 0 Å². The van der Waals surface area contributed by atoms with Crippen molar-refractivity contribution < 1.29 is 67.3 Å². The van der Waals surface area contributed by atoms with Crippen LogP contribution in [0.2, 0.25) is 0 Å². The van der Waals surface area contributed by atoms with Gasteiger partial charge in [-0.25, -0.2) is 0 Å². The number of rotatable bonds is 9. The standard InChI is InChI=1S/C41H69NO14/c1-16-30-39(10,47)18-21(2)32(45)22(3)19-40(11,48)35(56-38-34(52-27(8)43)29(42(13)14)17-23(4)50-38)24(5)33(25(6)37(46)54-30)55-31-20-41(12,49-15)36(26(7)51-31)53-28(9)44/h18,22-26,29-31,33-36,38,47-48H,16-17,19-20H2,1-15H3/b21-18+/t22-,23-,24+,25-,26+,29+,30-,31?,33+,34-,35-,36+,38+,39+,40-,41-/m1/s1. The van der Waals surface area contributed by atoms with Gasteiger partial charge in [0.05, 0.1) is 42.0 Å². The molecule has 0 saturated carbocycles. The van der Waals surface area contributed by atoms with Crippen LogP contribution in [0.5, 0.6) is 0 Å². The van der Waals surface area contributed by atoms with Crippen LogP contribution in [0, 0.1) is 17.8 Å². The van der Waals surface area contributed by atoms with Gasteiger partial charge < -0.3 is 53.0 Å². The van der Waals surface area contributed by atoms with Crippen molar-refractivity contribution in [3.8, 4) is 0 Å². The summed E-state index contributed by atoms with van der Waals surface area (Å²) in [6, 6.07) is -0.312. The summed E-state index contributed by atoms with van der Waals surface area (Å²) in [6.45, 7) is 19.4. The third-order valence-electron chi connectivity index (χ3n) is 11.7. The average Bonchev–Trinajstić information content (AvgIpc) is 3.08. The summed E-state index contributed by atoms with van der Waals surface area (Å²) < 4.78 is 49.6. The molecule has 16 atom stereocenters. The Hall–Kier alpha value is -2.50. The van der Waals surface area contributed by atoms with Gasteiger partial charge in [0.25, 0.3) is 0 Å². The van der Waals surface area contributed by atoms with Crippen LogP contribution in [-0.2, 0) is 57.1 Å². The molecule has 2 saturated heterocycles. The fourth-order valence-electron chi connectivity index (χ4n) is 8.78. The van der Waals surface area contributed by atoms with E-state index in [9.17, 15) is 29.4 Å². The highest BCUT2D eigenvalue weighted by Crippen LogP contribution is 2.41. The van der Waals surface area contributed by atoms with E-state index in [2.05, 4.69) is 0 Å². The molecule has 15 nitrogen and oxygen atoms in total. The molecule has 3 aliphatic rings. The average molecular weight is 800 g/mol. The summed E-state index contributed by atoms with van der Waals surface area (Å²) in [5.41, 5.74) is -4.31. The number of hydrogen-bond acceptors (Lipinski definition) is 15. The summed E-state index contributed by atoms with van der Waals surface area (Å²) in [4.78, 5) is 54.5. The van der Waals surface area contributed by atoms with E-state index in [1.807, 2.05) is 25.9 Å². The first-order chi connectivity index (χ1) is 25.8. The molecule has 0 aromatic heterocycles. The molecule has 15 heteroatoms. The van der Waals surface area contributed by atoms with Gasteiger partial charge in [-0.3, -0.25) is 19.2 Å². The highest BCUT2D eigenvalue weighted by Gasteiger charge is 2.53. The van der Waals surface area contributed by atoms with E-state index in [1.165, 1.54) is 34.0 Å². The molecule has 0 amide bonds. The van der Waals surface area contributed by atoms with E-state index >= 15 is 0 Å². The molecule has 0 spiro atoms. The lowest BCUT2D eigenvalue weighted by molar-refractivity contribution is -0.319. The van der Waals surface area contributed by atoms with Crippen molar-refractivity contribution in [1.29, 1.82) is 0 Å². The van der Waals surface area contributed by atoms with Gasteiger partial charge in [0, 0.05) is 39.2 Å². The topological polar surface area (TPSA) is 186 Å². The van der Waals surface area contributed by atoms with Gasteiger partial charge in [0.15, 0.2) is 30.6 Å². The van der Waals surface area contributed by atoms with E-state index in [4.69, 9.17) is 37.9 Å². The second-order valence-electron chi connectivity index (χ2n) is 17.2. The molecule has 0 radical (unpaired) electrons. The number of hydrogen-bond donors (Lipinski definition) is 2. The Morgan fingerprint density at radius 1 is 0.911 bits per heavy atom. The van der Waals surface area contributed by atoms with Gasteiger partial charge in [-0.1, -0.05) is 20.8 Å². The molecule has 0 aromatic rings. The second kappa shape index (κ2) is 19.0. The van der Waals surface area contributed by atoms with Gasteiger partial charge in [0.1, 0.15) is 17.3 Å². The van der Waals surface area contributed by atoms with E-state index in [0.717, 1.165) is 0 Å². The second-order valence-corrected chi connectivity index (χ2v) is 17.2. The van der Waals surface area contributed by atoms with Gasteiger partial charge >= 0.3 is 17.9 Å². The number of ketones is 1. The smallest absolute Gasteiger partial charge is 0.311 e. The highest BCUT2D eigenvalue weighted by molar-refractivity contribution is 5.96. The van der Waals surface area contributed by atoms with Crippen LogP contribution in [0.1, 0.15) is 109 Å². The van der Waals surface area contributed by atoms with Gasteiger partial charge in [-0.2, -0.15) is 0 Å². The van der Waals surface area contributed by atoms with Crippen LogP contribution in [-0.4, -0.2) is 138 Å². The van der Waals surface area contributed by atoms with Gasteiger partial charge in [0.2, 0.25) is 0 Å². The number of Topliss-reactive ketones (excluding diaryl/α,β-unsaturated/α-hetero) is 1. The molecule has 0 aliphatic carbocycles. The lowest BCUT2D eigenvalue weighted by Gasteiger charge is -2.49. The first kappa shape index (κ1) is 47.9. The van der Waals surface area contributed by atoms with Crippen LogP contribution in [0.3, 0.4) is 0 Å². The number of methoxy groups -OCH3 is 1. The van der Waals surface area contributed by atoms with Crippen LogP contribution in [0.15, 0.2) is 11.6 Å².